The molecule has 1 aromatic rings. The summed E-state index contributed by atoms with van der Waals surface area (Å²) in [7, 11) is 0. The first-order valence-corrected chi connectivity index (χ1v) is 8.41. The summed E-state index contributed by atoms with van der Waals surface area (Å²) in [6, 6.07) is 5.03. The molecule has 1 fully saturated rings. The third-order valence-corrected chi connectivity index (χ3v) is 3.77. The van der Waals surface area contributed by atoms with E-state index in [4.69, 9.17) is 16.3 Å². The van der Waals surface area contributed by atoms with Crippen LogP contribution < -0.4 is 20.9 Å². The molecule has 8 heteroatoms. The van der Waals surface area contributed by atoms with Crippen molar-refractivity contribution in [3.63, 3.8) is 0 Å². The van der Waals surface area contributed by atoms with Crippen molar-refractivity contribution in [2.45, 2.75) is 13.3 Å². The minimum absolute atomic E-state index is 0.0166. The first kappa shape index (κ1) is 18.4. The Morgan fingerprint density at radius 2 is 2.04 bits per heavy atom. The molecule has 0 unspecified atom stereocenters. The number of carbonyl (C=O) groups is 2. The van der Waals surface area contributed by atoms with Crippen LogP contribution in [0.5, 0.6) is 0 Å². The number of nitrogens with one attached hydrogen (secondary N) is 3. The second-order valence-electron chi connectivity index (χ2n) is 5.42. The Bertz CT molecular complexity index is 576. The molecule has 1 aromatic carbocycles. The first-order chi connectivity index (χ1) is 11.6. The molecule has 0 aliphatic carbocycles. The SMILES string of the molecule is CCCNC(=O)NC(=O)CNc1cc(Cl)ccc1N1CCOCC1. The molecule has 3 amide bonds. The second kappa shape index (κ2) is 9.34. The Morgan fingerprint density at radius 1 is 1.29 bits per heavy atom. The van der Waals surface area contributed by atoms with Gasteiger partial charge in [0.15, 0.2) is 0 Å². The molecule has 1 aliphatic heterocycles. The van der Waals surface area contributed by atoms with Gasteiger partial charge in [-0.15, -0.1) is 0 Å². The van der Waals surface area contributed by atoms with E-state index in [1.165, 1.54) is 0 Å². The topological polar surface area (TPSA) is 82.7 Å². The van der Waals surface area contributed by atoms with Crippen molar-refractivity contribution < 1.29 is 14.3 Å². The minimum atomic E-state index is -0.483. The lowest BCUT2D eigenvalue weighted by atomic mass is 10.2. The van der Waals surface area contributed by atoms with Crippen LogP contribution in [0, 0.1) is 0 Å². The molecule has 2 rings (SSSR count). The first-order valence-electron chi connectivity index (χ1n) is 8.04. The predicted octanol–water partition coefficient (Wildman–Crippen LogP) is 1.82. The van der Waals surface area contributed by atoms with Crippen LogP contribution in [-0.4, -0.2) is 51.3 Å². The Morgan fingerprint density at radius 3 is 2.75 bits per heavy atom. The maximum Gasteiger partial charge on any atom is 0.321 e. The summed E-state index contributed by atoms with van der Waals surface area (Å²) >= 11 is 6.06. The van der Waals surface area contributed by atoms with E-state index in [0.717, 1.165) is 30.9 Å². The summed E-state index contributed by atoms with van der Waals surface area (Å²) in [4.78, 5) is 25.5. The van der Waals surface area contributed by atoms with Crippen LogP contribution in [0.4, 0.5) is 16.2 Å². The van der Waals surface area contributed by atoms with Crippen LogP contribution >= 0.6 is 11.6 Å². The highest BCUT2D eigenvalue weighted by atomic mass is 35.5. The van der Waals surface area contributed by atoms with Gasteiger partial charge in [-0.05, 0) is 24.6 Å². The normalized spacial score (nSPS) is 14.2. The van der Waals surface area contributed by atoms with Crippen molar-refractivity contribution in [2.75, 3.05) is 49.6 Å². The van der Waals surface area contributed by atoms with Crippen molar-refractivity contribution in [3.05, 3.63) is 23.2 Å². The summed E-state index contributed by atoms with van der Waals surface area (Å²) in [5.74, 6) is -0.406. The number of hydrogen-bond acceptors (Lipinski definition) is 5. The van der Waals surface area contributed by atoms with E-state index in [0.29, 0.717) is 24.8 Å². The fourth-order valence-corrected chi connectivity index (χ4v) is 2.53. The zero-order valence-electron chi connectivity index (χ0n) is 13.7. The number of benzene rings is 1. The molecule has 0 atom stereocenters. The molecule has 1 saturated heterocycles. The molecule has 132 valence electrons. The maximum absolute atomic E-state index is 11.9. The summed E-state index contributed by atoms with van der Waals surface area (Å²) < 4.78 is 5.36. The van der Waals surface area contributed by atoms with Crippen LogP contribution in [0.1, 0.15) is 13.3 Å². The van der Waals surface area contributed by atoms with Gasteiger partial charge in [-0.25, -0.2) is 4.79 Å². The molecule has 1 aliphatic rings. The number of nitrogens with zero attached hydrogens (tertiary/aromatic N) is 1. The van der Waals surface area contributed by atoms with Crippen molar-refractivity contribution in [2.24, 2.45) is 0 Å². The number of morpholine rings is 1. The number of rotatable bonds is 6. The van der Waals surface area contributed by atoms with Crippen LogP contribution in [0.2, 0.25) is 5.02 Å². The number of carbonyl (C=O) groups excluding carboxylic acids is 2. The number of ether oxygens (including phenoxy) is 1. The molecule has 1 heterocycles. The molecule has 0 bridgehead atoms. The van der Waals surface area contributed by atoms with Gasteiger partial charge in [0, 0.05) is 24.7 Å². The highest BCUT2D eigenvalue weighted by Crippen LogP contribution is 2.29. The van der Waals surface area contributed by atoms with Crippen LogP contribution in [0.15, 0.2) is 18.2 Å². The minimum Gasteiger partial charge on any atom is -0.378 e. The van der Waals surface area contributed by atoms with Gasteiger partial charge in [-0.2, -0.15) is 0 Å². The van der Waals surface area contributed by atoms with E-state index in [1.54, 1.807) is 6.07 Å². The summed E-state index contributed by atoms with van der Waals surface area (Å²) in [5, 5.41) is 8.51. The van der Waals surface area contributed by atoms with E-state index in [9.17, 15) is 9.59 Å². The molecule has 0 aromatic heterocycles. The van der Waals surface area contributed by atoms with Crippen LogP contribution in [-0.2, 0) is 9.53 Å². The lowest BCUT2D eigenvalue weighted by molar-refractivity contribution is -0.118. The Labute approximate surface area is 146 Å². The number of halogens is 1. The monoisotopic (exact) mass is 354 g/mol. The average Bonchev–Trinajstić information content (AvgIpc) is 2.59. The number of imide groups is 1. The highest BCUT2D eigenvalue weighted by Gasteiger charge is 2.16. The molecule has 3 N–H and O–H groups in total. The van der Waals surface area contributed by atoms with E-state index in [1.807, 2.05) is 19.1 Å². The van der Waals surface area contributed by atoms with Gasteiger partial charge in [-0.3, -0.25) is 10.1 Å². The van der Waals surface area contributed by atoms with Gasteiger partial charge in [0.2, 0.25) is 5.91 Å². The quantitative estimate of drug-likeness (QED) is 0.726. The highest BCUT2D eigenvalue weighted by molar-refractivity contribution is 6.31. The van der Waals surface area contributed by atoms with Gasteiger partial charge in [0.25, 0.3) is 0 Å². The Balaban J connectivity index is 1.94. The van der Waals surface area contributed by atoms with Crippen molar-refractivity contribution >= 4 is 34.9 Å². The van der Waals surface area contributed by atoms with Crippen molar-refractivity contribution in [1.82, 2.24) is 10.6 Å². The van der Waals surface area contributed by atoms with E-state index < -0.39 is 11.9 Å². The lowest BCUT2D eigenvalue weighted by Crippen LogP contribution is -2.42. The summed E-state index contributed by atoms with van der Waals surface area (Å²) in [6.07, 6.45) is 0.811. The lowest BCUT2D eigenvalue weighted by Gasteiger charge is -2.30. The molecular weight excluding hydrogens is 332 g/mol. The third kappa shape index (κ3) is 5.58. The molecule has 0 radical (unpaired) electrons. The zero-order valence-corrected chi connectivity index (χ0v) is 14.5. The molecule has 0 saturated carbocycles. The molecule has 24 heavy (non-hydrogen) atoms. The Kier molecular flexibility index (Phi) is 7.14. The molecular formula is C16H23ClN4O3. The number of urea groups is 1. The predicted molar refractivity (Wildman–Crippen MR) is 94.8 cm³/mol. The third-order valence-electron chi connectivity index (χ3n) is 3.54. The summed E-state index contributed by atoms with van der Waals surface area (Å²) in [6.45, 7) is 5.35. The van der Waals surface area contributed by atoms with E-state index >= 15 is 0 Å². The van der Waals surface area contributed by atoms with E-state index in [-0.39, 0.29) is 6.54 Å². The van der Waals surface area contributed by atoms with Crippen molar-refractivity contribution in [1.29, 1.82) is 0 Å². The van der Waals surface area contributed by atoms with Gasteiger partial charge in [0.1, 0.15) is 0 Å². The molecule has 7 nitrogen and oxygen atoms in total. The van der Waals surface area contributed by atoms with Gasteiger partial charge in [0.05, 0.1) is 31.1 Å². The summed E-state index contributed by atoms with van der Waals surface area (Å²) in [5.41, 5.74) is 1.72. The number of amides is 3. The molecule has 0 spiro atoms. The zero-order chi connectivity index (χ0) is 17.4. The standard InChI is InChI=1S/C16H23ClN4O3/c1-2-5-18-16(23)20-15(22)11-19-13-10-12(17)3-4-14(13)21-6-8-24-9-7-21/h3-4,10,19H,2,5-9,11H2,1H3,(H2,18,20,22,23). The van der Waals surface area contributed by atoms with Gasteiger partial charge < -0.3 is 20.3 Å². The van der Waals surface area contributed by atoms with Gasteiger partial charge >= 0.3 is 6.03 Å². The number of anilines is 2. The largest absolute Gasteiger partial charge is 0.378 e. The average molecular weight is 355 g/mol. The second-order valence-corrected chi connectivity index (χ2v) is 5.85. The van der Waals surface area contributed by atoms with Gasteiger partial charge in [-0.1, -0.05) is 18.5 Å². The maximum atomic E-state index is 11.9. The fraction of sp³-hybridized carbons (Fsp3) is 0.500. The van der Waals surface area contributed by atoms with E-state index in [2.05, 4.69) is 20.9 Å². The smallest absolute Gasteiger partial charge is 0.321 e. The van der Waals surface area contributed by atoms with Crippen LogP contribution in [0.25, 0.3) is 0 Å². The fourth-order valence-electron chi connectivity index (χ4n) is 2.36. The Hall–Kier alpha value is -1.99. The number of hydrogen-bond donors (Lipinski definition) is 3. The van der Waals surface area contributed by atoms with Crippen molar-refractivity contribution in [3.8, 4) is 0 Å². The van der Waals surface area contributed by atoms with Crippen LogP contribution in [0.3, 0.4) is 0 Å².